The monoisotopic (exact) mass is 398 g/mol. The quantitative estimate of drug-likeness (QED) is 0.674. The normalized spacial score (nSPS) is 19.8. The van der Waals surface area contributed by atoms with Crippen molar-refractivity contribution < 1.29 is 9.53 Å². The van der Waals surface area contributed by atoms with Gasteiger partial charge in [-0.2, -0.15) is 5.10 Å². The number of rotatable bonds is 3. The summed E-state index contributed by atoms with van der Waals surface area (Å²) in [6.45, 7) is 5.09. The number of aryl methyl sites for hydroxylation is 1. The van der Waals surface area contributed by atoms with E-state index in [9.17, 15) is 4.79 Å². The van der Waals surface area contributed by atoms with Crippen LogP contribution in [0, 0.1) is 0 Å². The van der Waals surface area contributed by atoms with Gasteiger partial charge in [-0.15, -0.1) is 0 Å². The van der Waals surface area contributed by atoms with E-state index >= 15 is 0 Å². The molecule has 2 aromatic heterocycles. The van der Waals surface area contributed by atoms with Crippen molar-refractivity contribution >= 4 is 17.5 Å². The molecule has 1 aliphatic heterocycles. The summed E-state index contributed by atoms with van der Waals surface area (Å²) in [6, 6.07) is 13.2. The first-order valence-corrected chi connectivity index (χ1v) is 9.72. The van der Waals surface area contributed by atoms with Crippen LogP contribution in [0.15, 0.2) is 48.7 Å². The van der Waals surface area contributed by atoms with Gasteiger partial charge in [0.25, 0.3) is 5.91 Å². The van der Waals surface area contributed by atoms with Gasteiger partial charge in [-0.3, -0.25) is 4.79 Å². The molecule has 1 aliphatic rings. The van der Waals surface area contributed by atoms with Gasteiger partial charge in [0.1, 0.15) is 11.4 Å². The number of carbonyl (C=O) groups is 1. The summed E-state index contributed by atoms with van der Waals surface area (Å²) in [5, 5.41) is 5.33. The zero-order chi connectivity index (χ0) is 19.8. The van der Waals surface area contributed by atoms with Crippen LogP contribution in [0.3, 0.4) is 0 Å². The summed E-state index contributed by atoms with van der Waals surface area (Å²) in [5.74, 6) is -0.0602. The summed E-state index contributed by atoms with van der Waals surface area (Å²) in [6.07, 6.45) is 1.96. The van der Waals surface area contributed by atoms with Gasteiger partial charge >= 0.3 is 0 Å². The molecule has 1 aromatic carbocycles. The van der Waals surface area contributed by atoms with E-state index in [0.717, 1.165) is 17.1 Å². The zero-order valence-corrected chi connectivity index (χ0v) is 16.9. The number of carbonyl (C=O) groups excluding carboxylic acids is 1. The summed E-state index contributed by atoms with van der Waals surface area (Å²) in [4.78, 5) is 15.2. The van der Waals surface area contributed by atoms with Crippen LogP contribution in [-0.2, 0) is 11.8 Å². The molecule has 0 N–H and O–H groups in total. The lowest BCUT2D eigenvalue weighted by molar-refractivity contribution is -0.0588. The second kappa shape index (κ2) is 7.45. The van der Waals surface area contributed by atoms with Crippen LogP contribution < -0.4 is 0 Å². The largest absolute Gasteiger partial charge is 0.372 e. The van der Waals surface area contributed by atoms with Crippen LogP contribution >= 0.6 is 11.6 Å². The van der Waals surface area contributed by atoms with Crippen molar-refractivity contribution in [1.29, 1.82) is 0 Å². The van der Waals surface area contributed by atoms with Gasteiger partial charge < -0.3 is 14.2 Å². The Kier molecular flexibility index (Phi) is 5.00. The Bertz CT molecular complexity index is 1000. The molecule has 1 amide bonds. The third-order valence-corrected chi connectivity index (χ3v) is 5.13. The molecule has 2 unspecified atom stereocenters. The van der Waals surface area contributed by atoms with E-state index in [1.54, 1.807) is 10.7 Å². The van der Waals surface area contributed by atoms with Gasteiger partial charge in [-0.1, -0.05) is 17.7 Å². The lowest BCUT2D eigenvalue weighted by Gasteiger charge is -2.35. The fourth-order valence-electron chi connectivity index (χ4n) is 3.70. The molecule has 2 atom stereocenters. The molecule has 28 heavy (non-hydrogen) atoms. The number of benzene rings is 1. The molecule has 0 bridgehead atoms. The van der Waals surface area contributed by atoms with Gasteiger partial charge in [-0.05, 0) is 50.2 Å². The highest BCUT2D eigenvalue weighted by Crippen LogP contribution is 2.25. The molecule has 7 heteroatoms. The minimum Gasteiger partial charge on any atom is -0.372 e. The third-order valence-electron chi connectivity index (χ3n) is 4.89. The first-order chi connectivity index (χ1) is 13.4. The number of hydrogen-bond acceptors (Lipinski definition) is 3. The highest BCUT2D eigenvalue weighted by atomic mass is 35.5. The molecule has 0 aliphatic carbocycles. The first kappa shape index (κ1) is 18.8. The van der Waals surface area contributed by atoms with E-state index in [1.807, 2.05) is 73.0 Å². The number of hydrogen-bond donors (Lipinski definition) is 0. The van der Waals surface area contributed by atoms with E-state index in [-0.39, 0.29) is 18.1 Å². The number of nitrogens with zero attached hydrogens (tertiary/aromatic N) is 4. The summed E-state index contributed by atoms with van der Waals surface area (Å²) < 4.78 is 9.44. The standard InChI is InChI=1S/C21H23ClN4O2/c1-14-12-25(13-15(2)28-14)21(27)20-11-18(19-8-5-9-24(19)3)23-26(20)17-7-4-6-16(22)10-17/h4-11,14-15H,12-13H2,1-3H3. The first-order valence-electron chi connectivity index (χ1n) is 9.35. The molecule has 1 saturated heterocycles. The van der Waals surface area contributed by atoms with E-state index in [4.69, 9.17) is 21.4 Å². The highest BCUT2D eigenvalue weighted by molar-refractivity contribution is 6.30. The van der Waals surface area contributed by atoms with Crippen molar-refractivity contribution in [2.75, 3.05) is 13.1 Å². The Labute approximate surface area is 169 Å². The maximum absolute atomic E-state index is 13.4. The molecule has 146 valence electrons. The van der Waals surface area contributed by atoms with Gasteiger partial charge in [0.05, 0.1) is 23.6 Å². The van der Waals surface area contributed by atoms with Crippen molar-refractivity contribution in [2.45, 2.75) is 26.1 Å². The third kappa shape index (κ3) is 3.57. The smallest absolute Gasteiger partial charge is 0.272 e. The maximum Gasteiger partial charge on any atom is 0.272 e. The Morgan fingerprint density at radius 3 is 2.54 bits per heavy atom. The molecule has 3 aromatic rings. The van der Waals surface area contributed by atoms with Crippen LogP contribution in [-0.4, -0.2) is 50.5 Å². The van der Waals surface area contributed by atoms with Crippen molar-refractivity contribution in [3.63, 3.8) is 0 Å². The summed E-state index contributed by atoms with van der Waals surface area (Å²) in [7, 11) is 1.96. The van der Waals surface area contributed by atoms with E-state index in [0.29, 0.717) is 23.8 Å². The van der Waals surface area contributed by atoms with Crippen molar-refractivity contribution in [2.24, 2.45) is 7.05 Å². The molecule has 1 fully saturated rings. The van der Waals surface area contributed by atoms with Crippen molar-refractivity contribution in [3.05, 3.63) is 59.4 Å². The molecule has 0 spiro atoms. The van der Waals surface area contributed by atoms with Crippen LogP contribution in [0.2, 0.25) is 5.02 Å². The fraction of sp³-hybridized carbons (Fsp3) is 0.333. The predicted molar refractivity (Wildman–Crippen MR) is 109 cm³/mol. The van der Waals surface area contributed by atoms with E-state index in [1.165, 1.54) is 0 Å². The van der Waals surface area contributed by atoms with E-state index < -0.39 is 0 Å². The minimum atomic E-state index is -0.0602. The van der Waals surface area contributed by atoms with Crippen molar-refractivity contribution in [1.82, 2.24) is 19.2 Å². The average molecular weight is 399 g/mol. The Balaban J connectivity index is 1.79. The number of ether oxygens (including phenoxy) is 1. The number of morpholine rings is 1. The number of halogens is 1. The Hall–Kier alpha value is -2.57. The molecular weight excluding hydrogens is 376 g/mol. The van der Waals surface area contributed by atoms with Crippen LogP contribution in [0.5, 0.6) is 0 Å². The predicted octanol–water partition coefficient (Wildman–Crippen LogP) is 3.78. The topological polar surface area (TPSA) is 52.3 Å². The molecule has 0 saturated carbocycles. The van der Waals surface area contributed by atoms with Gasteiger partial charge in [0.15, 0.2) is 0 Å². The second-order valence-corrected chi connectivity index (χ2v) is 7.71. The van der Waals surface area contributed by atoms with Gasteiger partial charge in [0.2, 0.25) is 0 Å². The van der Waals surface area contributed by atoms with Crippen LogP contribution in [0.25, 0.3) is 17.1 Å². The summed E-state index contributed by atoms with van der Waals surface area (Å²) >= 11 is 6.19. The molecule has 6 nitrogen and oxygen atoms in total. The van der Waals surface area contributed by atoms with Crippen molar-refractivity contribution in [3.8, 4) is 17.1 Å². The molecule has 4 rings (SSSR count). The fourth-order valence-corrected chi connectivity index (χ4v) is 3.88. The Morgan fingerprint density at radius 1 is 1.14 bits per heavy atom. The average Bonchev–Trinajstić information content (AvgIpc) is 3.26. The highest BCUT2D eigenvalue weighted by Gasteiger charge is 2.29. The van der Waals surface area contributed by atoms with Gasteiger partial charge in [-0.25, -0.2) is 4.68 Å². The number of aromatic nitrogens is 3. The van der Waals surface area contributed by atoms with Crippen LogP contribution in [0.4, 0.5) is 0 Å². The lowest BCUT2D eigenvalue weighted by atomic mass is 10.2. The Morgan fingerprint density at radius 2 is 1.89 bits per heavy atom. The maximum atomic E-state index is 13.4. The zero-order valence-electron chi connectivity index (χ0n) is 16.2. The number of amides is 1. The second-order valence-electron chi connectivity index (χ2n) is 7.28. The molecular formula is C21H23ClN4O2. The minimum absolute atomic E-state index is 0.00239. The summed E-state index contributed by atoms with van der Waals surface area (Å²) in [5.41, 5.74) is 2.95. The van der Waals surface area contributed by atoms with Crippen LogP contribution in [0.1, 0.15) is 24.3 Å². The SMILES string of the molecule is CC1CN(C(=O)c2cc(-c3cccn3C)nn2-c2cccc(Cl)c2)CC(C)O1. The molecule has 3 heterocycles. The van der Waals surface area contributed by atoms with Gasteiger partial charge in [0, 0.05) is 31.4 Å². The lowest BCUT2D eigenvalue weighted by Crippen LogP contribution is -2.48. The molecule has 0 radical (unpaired) electrons. The van der Waals surface area contributed by atoms with E-state index in [2.05, 4.69) is 0 Å².